The van der Waals surface area contributed by atoms with Crippen molar-refractivity contribution in [3.8, 4) is 0 Å². The number of carbonyl (C=O) groups excluding carboxylic acids is 1. The van der Waals surface area contributed by atoms with Crippen LogP contribution in [0.5, 0.6) is 0 Å². The molecule has 0 aromatic heterocycles. The summed E-state index contributed by atoms with van der Waals surface area (Å²) < 4.78 is 0. The topological polar surface area (TPSA) is 35.6 Å². The molecule has 1 N–H and O–H groups in total. The van der Waals surface area contributed by atoms with Gasteiger partial charge in [0.25, 0.3) is 0 Å². The van der Waals surface area contributed by atoms with Crippen LogP contribution in [0.4, 0.5) is 0 Å². The van der Waals surface area contributed by atoms with Gasteiger partial charge >= 0.3 is 0 Å². The lowest BCUT2D eigenvalue weighted by Gasteiger charge is -2.32. The van der Waals surface area contributed by atoms with E-state index in [0.29, 0.717) is 12.5 Å². The molecule has 0 aliphatic carbocycles. The summed E-state index contributed by atoms with van der Waals surface area (Å²) in [6, 6.07) is 0. The van der Waals surface area contributed by atoms with Gasteiger partial charge in [-0.3, -0.25) is 4.79 Å². The van der Waals surface area contributed by atoms with Gasteiger partial charge in [-0.15, -0.1) is 24.8 Å². The fraction of sp³-hybridized carbons (Fsp3) is 0.909. The van der Waals surface area contributed by atoms with Crippen molar-refractivity contribution >= 4 is 30.7 Å². The van der Waals surface area contributed by atoms with Gasteiger partial charge in [0.05, 0.1) is 6.54 Å². The molecule has 104 valence electrons. The largest absolute Gasteiger partial charge is 0.344 e. The first kappa shape index (κ1) is 19.3. The second-order valence-corrected chi connectivity index (χ2v) is 4.58. The molecule has 6 heteroatoms. The molecule has 1 atom stereocenters. The highest BCUT2D eigenvalue weighted by atomic mass is 35.5. The number of likely N-dealkylation sites (N-methyl/N-ethyl adjacent to an activating group) is 2. The molecule has 1 saturated heterocycles. The van der Waals surface area contributed by atoms with Crippen LogP contribution in [0.3, 0.4) is 0 Å². The van der Waals surface area contributed by atoms with E-state index in [-0.39, 0.29) is 30.7 Å². The number of halogens is 2. The molecule has 1 aliphatic heterocycles. The van der Waals surface area contributed by atoms with Crippen molar-refractivity contribution in [1.29, 1.82) is 0 Å². The fourth-order valence-electron chi connectivity index (χ4n) is 2.20. The third-order valence-electron chi connectivity index (χ3n) is 3.01. The number of rotatable bonds is 4. The number of hydrogen-bond donors (Lipinski definition) is 1. The Kier molecular flexibility index (Phi) is 11.3. The number of likely N-dealkylation sites (tertiary alicyclic amines) is 1. The van der Waals surface area contributed by atoms with Gasteiger partial charge in [-0.2, -0.15) is 0 Å². The van der Waals surface area contributed by atoms with Gasteiger partial charge in [-0.05, 0) is 39.4 Å². The molecule has 0 aromatic carbocycles. The second kappa shape index (κ2) is 9.95. The molecular weight excluding hydrogens is 261 g/mol. The van der Waals surface area contributed by atoms with Gasteiger partial charge in [-0.1, -0.05) is 0 Å². The highest BCUT2D eigenvalue weighted by Gasteiger charge is 2.20. The number of piperidine rings is 1. The van der Waals surface area contributed by atoms with E-state index >= 15 is 0 Å². The SMILES string of the molecule is CNCC(=O)N(C)CC1CCCN(C)C1.Cl.Cl. The molecule has 0 bridgehead atoms. The summed E-state index contributed by atoms with van der Waals surface area (Å²) >= 11 is 0. The minimum atomic E-state index is 0. The zero-order valence-electron chi connectivity index (χ0n) is 10.9. The van der Waals surface area contributed by atoms with Crippen molar-refractivity contribution in [2.75, 3.05) is 47.3 Å². The molecule has 0 saturated carbocycles. The summed E-state index contributed by atoms with van der Waals surface area (Å²) in [7, 11) is 5.86. The first-order valence-corrected chi connectivity index (χ1v) is 5.70. The Morgan fingerprint density at radius 3 is 2.65 bits per heavy atom. The fourth-order valence-corrected chi connectivity index (χ4v) is 2.20. The average molecular weight is 286 g/mol. The maximum Gasteiger partial charge on any atom is 0.236 e. The van der Waals surface area contributed by atoms with Gasteiger partial charge in [0.15, 0.2) is 0 Å². The van der Waals surface area contributed by atoms with Crippen molar-refractivity contribution in [3.63, 3.8) is 0 Å². The maximum absolute atomic E-state index is 11.5. The van der Waals surface area contributed by atoms with Crippen LogP contribution in [0, 0.1) is 5.92 Å². The molecule has 4 nitrogen and oxygen atoms in total. The predicted octanol–water partition coefficient (Wildman–Crippen LogP) is 0.850. The number of amides is 1. The van der Waals surface area contributed by atoms with Crippen LogP contribution < -0.4 is 5.32 Å². The van der Waals surface area contributed by atoms with Crippen molar-refractivity contribution < 1.29 is 4.79 Å². The number of carbonyl (C=O) groups is 1. The summed E-state index contributed by atoms with van der Waals surface area (Å²) in [6.45, 7) is 3.66. The number of nitrogens with zero attached hydrogens (tertiary/aromatic N) is 2. The van der Waals surface area contributed by atoms with Crippen molar-refractivity contribution in [1.82, 2.24) is 15.1 Å². The summed E-state index contributed by atoms with van der Waals surface area (Å²) in [5, 5.41) is 2.89. The summed E-state index contributed by atoms with van der Waals surface area (Å²) in [6.07, 6.45) is 2.51. The minimum Gasteiger partial charge on any atom is -0.344 e. The number of hydrogen-bond acceptors (Lipinski definition) is 3. The quantitative estimate of drug-likeness (QED) is 0.832. The van der Waals surface area contributed by atoms with Gasteiger partial charge in [0.2, 0.25) is 5.91 Å². The smallest absolute Gasteiger partial charge is 0.236 e. The van der Waals surface area contributed by atoms with Crippen LogP contribution in [0.1, 0.15) is 12.8 Å². The predicted molar refractivity (Wildman–Crippen MR) is 76.3 cm³/mol. The van der Waals surface area contributed by atoms with Gasteiger partial charge in [0.1, 0.15) is 0 Å². The molecule has 1 amide bonds. The Bertz CT molecular complexity index is 217. The Balaban J connectivity index is 0. The van der Waals surface area contributed by atoms with Gasteiger partial charge < -0.3 is 15.1 Å². The van der Waals surface area contributed by atoms with E-state index in [9.17, 15) is 4.79 Å². The lowest BCUT2D eigenvalue weighted by molar-refractivity contribution is -0.129. The Hall–Kier alpha value is -0.0300. The normalized spacial score (nSPS) is 20.1. The lowest BCUT2D eigenvalue weighted by atomic mass is 9.98. The van der Waals surface area contributed by atoms with Crippen LogP contribution in [0.15, 0.2) is 0 Å². The summed E-state index contributed by atoms with van der Waals surface area (Å²) in [5.74, 6) is 0.834. The standard InChI is InChI=1S/C11H23N3O.2ClH/c1-12-7-11(15)14(3)9-10-5-4-6-13(2)8-10;;/h10,12H,4-9H2,1-3H3;2*1H. The molecule has 1 fully saturated rings. The molecule has 1 aliphatic rings. The van der Waals surface area contributed by atoms with Gasteiger partial charge in [0, 0.05) is 20.1 Å². The van der Waals surface area contributed by atoms with Crippen LogP contribution >= 0.6 is 24.8 Å². The first-order valence-electron chi connectivity index (χ1n) is 5.70. The summed E-state index contributed by atoms with van der Waals surface area (Å²) in [4.78, 5) is 15.7. The van der Waals surface area contributed by atoms with Crippen LogP contribution in [0.2, 0.25) is 0 Å². The van der Waals surface area contributed by atoms with Crippen molar-refractivity contribution in [2.45, 2.75) is 12.8 Å². The van der Waals surface area contributed by atoms with Crippen LogP contribution in [-0.2, 0) is 4.79 Å². The molecular formula is C11H25Cl2N3O. The molecule has 0 spiro atoms. The average Bonchev–Trinajstić information content (AvgIpc) is 2.18. The molecule has 1 unspecified atom stereocenters. The Morgan fingerprint density at radius 1 is 1.47 bits per heavy atom. The van der Waals surface area contributed by atoms with E-state index in [2.05, 4.69) is 17.3 Å². The van der Waals surface area contributed by atoms with Crippen molar-refractivity contribution in [3.05, 3.63) is 0 Å². The van der Waals surface area contributed by atoms with Crippen LogP contribution in [0.25, 0.3) is 0 Å². The summed E-state index contributed by atoms with van der Waals surface area (Å²) in [5.41, 5.74) is 0. The van der Waals surface area contributed by atoms with Crippen molar-refractivity contribution in [2.24, 2.45) is 5.92 Å². The van der Waals surface area contributed by atoms with E-state index in [1.54, 1.807) is 7.05 Å². The molecule has 17 heavy (non-hydrogen) atoms. The zero-order valence-corrected chi connectivity index (χ0v) is 12.6. The van der Waals surface area contributed by atoms with Gasteiger partial charge in [-0.25, -0.2) is 0 Å². The van der Waals surface area contributed by atoms with E-state index in [1.807, 2.05) is 11.9 Å². The molecule has 1 heterocycles. The zero-order chi connectivity index (χ0) is 11.3. The Labute approximate surface area is 117 Å². The number of nitrogens with one attached hydrogen (secondary N) is 1. The maximum atomic E-state index is 11.5. The lowest BCUT2D eigenvalue weighted by Crippen LogP contribution is -2.42. The van der Waals surface area contributed by atoms with Crippen LogP contribution in [-0.4, -0.2) is 63.0 Å². The monoisotopic (exact) mass is 285 g/mol. The van der Waals surface area contributed by atoms with E-state index in [1.165, 1.54) is 19.4 Å². The first-order chi connectivity index (χ1) is 7.13. The van der Waals surface area contributed by atoms with E-state index in [0.717, 1.165) is 13.1 Å². The minimum absolute atomic E-state index is 0. The molecule has 0 aromatic rings. The third kappa shape index (κ3) is 7.09. The van der Waals surface area contributed by atoms with E-state index < -0.39 is 0 Å². The van der Waals surface area contributed by atoms with E-state index in [4.69, 9.17) is 0 Å². The third-order valence-corrected chi connectivity index (χ3v) is 3.01. The highest BCUT2D eigenvalue weighted by molar-refractivity contribution is 5.85. The molecule has 1 rings (SSSR count). The molecule has 0 radical (unpaired) electrons. The highest BCUT2D eigenvalue weighted by Crippen LogP contribution is 2.15. The second-order valence-electron chi connectivity index (χ2n) is 4.58. The Morgan fingerprint density at radius 2 is 2.12 bits per heavy atom.